The molecule has 4 nitrogen and oxygen atoms in total. The Labute approximate surface area is 98.2 Å². The van der Waals surface area contributed by atoms with E-state index in [1.807, 2.05) is 22.6 Å². The average molecular weight is 238 g/mol. The Morgan fingerprint density at radius 2 is 2.12 bits per heavy atom. The number of oxime groups is 1. The zero-order valence-electron chi connectivity index (χ0n) is 9.14. The van der Waals surface area contributed by atoms with Crippen LogP contribution < -0.4 is 0 Å². The van der Waals surface area contributed by atoms with Crippen molar-refractivity contribution in [3.8, 4) is 0 Å². The lowest BCUT2D eigenvalue weighted by molar-refractivity contribution is 0.0753. The van der Waals surface area contributed by atoms with Crippen LogP contribution in [-0.4, -0.2) is 34.8 Å². The Bertz CT molecular complexity index is 415. The second kappa shape index (κ2) is 4.65. The third-order valence-electron chi connectivity index (χ3n) is 2.86. The molecule has 0 unspecified atom stereocenters. The number of rotatable bonds is 1. The maximum atomic E-state index is 12.1. The number of piperidine rings is 1. The highest BCUT2D eigenvalue weighted by atomic mass is 32.1. The average Bonchev–Trinajstić information content (AvgIpc) is 2.75. The van der Waals surface area contributed by atoms with Gasteiger partial charge in [-0.2, -0.15) is 11.3 Å². The standard InChI is InChI=1S/C11H14N2O2S/c1-8-6-16-7-10(8)11(14)13-4-2-9(12-15)3-5-13/h6-7,15H,2-5H2,1H3. The molecule has 86 valence electrons. The molecule has 0 bridgehead atoms. The molecule has 0 spiro atoms. The number of carbonyl (C=O) groups excluding carboxylic acids is 1. The van der Waals surface area contributed by atoms with E-state index in [2.05, 4.69) is 5.16 Å². The Hall–Kier alpha value is -1.36. The molecule has 16 heavy (non-hydrogen) atoms. The quantitative estimate of drug-likeness (QED) is 0.602. The van der Waals surface area contributed by atoms with Crippen LogP contribution >= 0.6 is 11.3 Å². The van der Waals surface area contributed by atoms with Gasteiger partial charge in [0.15, 0.2) is 0 Å². The summed E-state index contributed by atoms with van der Waals surface area (Å²) in [6, 6.07) is 0. The van der Waals surface area contributed by atoms with Crippen LogP contribution in [0.15, 0.2) is 15.9 Å². The fraction of sp³-hybridized carbons (Fsp3) is 0.455. The molecule has 0 aliphatic carbocycles. The first kappa shape index (κ1) is 11.1. The predicted molar refractivity (Wildman–Crippen MR) is 63.4 cm³/mol. The van der Waals surface area contributed by atoms with Crippen molar-refractivity contribution in [1.29, 1.82) is 0 Å². The van der Waals surface area contributed by atoms with Gasteiger partial charge in [0.25, 0.3) is 5.91 Å². The fourth-order valence-corrected chi connectivity index (χ4v) is 2.64. The van der Waals surface area contributed by atoms with Gasteiger partial charge in [-0.3, -0.25) is 4.79 Å². The molecule has 2 heterocycles. The number of amides is 1. The molecule has 0 aromatic carbocycles. The lowest BCUT2D eigenvalue weighted by Gasteiger charge is -2.27. The summed E-state index contributed by atoms with van der Waals surface area (Å²) in [5, 5.41) is 15.7. The van der Waals surface area contributed by atoms with Gasteiger partial charge < -0.3 is 10.1 Å². The van der Waals surface area contributed by atoms with Crippen molar-refractivity contribution in [3.63, 3.8) is 0 Å². The van der Waals surface area contributed by atoms with Crippen LogP contribution in [0.25, 0.3) is 0 Å². The lowest BCUT2D eigenvalue weighted by atomic mass is 10.1. The molecule has 1 aliphatic heterocycles. The number of likely N-dealkylation sites (tertiary alicyclic amines) is 1. The third kappa shape index (κ3) is 2.09. The first-order valence-electron chi connectivity index (χ1n) is 5.24. The highest BCUT2D eigenvalue weighted by Gasteiger charge is 2.22. The summed E-state index contributed by atoms with van der Waals surface area (Å²) in [5.41, 5.74) is 2.62. The molecule has 0 saturated carbocycles. The Kier molecular flexibility index (Phi) is 3.24. The van der Waals surface area contributed by atoms with Gasteiger partial charge in [0.2, 0.25) is 0 Å². The minimum Gasteiger partial charge on any atom is -0.411 e. The van der Waals surface area contributed by atoms with Crippen molar-refractivity contribution in [2.75, 3.05) is 13.1 Å². The molecule has 1 aliphatic rings. The molecule has 1 N–H and O–H groups in total. The second-order valence-electron chi connectivity index (χ2n) is 3.93. The maximum Gasteiger partial charge on any atom is 0.254 e. The van der Waals surface area contributed by atoms with Gasteiger partial charge in [-0.25, -0.2) is 0 Å². The van der Waals surface area contributed by atoms with Gasteiger partial charge in [-0.1, -0.05) is 5.16 Å². The van der Waals surface area contributed by atoms with E-state index in [9.17, 15) is 4.79 Å². The number of hydrogen-bond acceptors (Lipinski definition) is 4. The van der Waals surface area contributed by atoms with Crippen molar-refractivity contribution < 1.29 is 10.0 Å². The van der Waals surface area contributed by atoms with E-state index in [-0.39, 0.29) is 5.91 Å². The molecule has 0 radical (unpaired) electrons. The Morgan fingerprint density at radius 1 is 1.44 bits per heavy atom. The van der Waals surface area contributed by atoms with Gasteiger partial charge in [-0.15, -0.1) is 0 Å². The minimum absolute atomic E-state index is 0.0933. The van der Waals surface area contributed by atoms with Crippen molar-refractivity contribution >= 4 is 23.0 Å². The monoisotopic (exact) mass is 238 g/mol. The molecule has 1 aromatic heterocycles. The molecule has 1 saturated heterocycles. The molecular formula is C11H14N2O2S. The Morgan fingerprint density at radius 3 is 2.62 bits per heavy atom. The number of nitrogens with zero attached hydrogens (tertiary/aromatic N) is 2. The van der Waals surface area contributed by atoms with E-state index in [0.717, 1.165) is 16.8 Å². The van der Waals surface area contributed by atoms with E-state index >= 15 is 0 Å². The van der Waals surface area contributed by atoms with Crippen LogP contribution in [0.1, 0.15) is 28.8 Å². The first-order valence-corrected chi connectivity index (χ1v) is 6.18. The highest BCUT2D eigenvalue weighted by Crippen LogP contribution is 2.18. The fourth-order valence-electron chi connectivity index (χ4n) is 1.82. The van der Waals surface area contributed by atoms with Gasteiger partial charge >= 0.3 is 0 Å². The number of carbonyl (C=O) groups is 1. The maximum absolute atomic E-state index is 12.1. The summed E-state index contributed by atoms with van der Waals surface area (Å²) in [4.78, 5) is 13.9. The molecular weight excluding hydrogens is 224 g/mol. The van der Waals surface area contributed by atoms with E-state index in [0.29, 0.717) is 25.9 Å². The summed E-state index contributed by atoms with van der Waals surface area (Å²) in [6.45, 7) is 3.25. The minimum atomic E-state index is 0.0933. The zero-order chi connectivity index (χ0) is 11.5. The molecule has 0 atom stereocenters. The van der Waals surface area contributed by atoms with Crippen LogP contribution in [0.3, 0.4) is 0 Å². The molecule has 1 amide bonds. The summed E-state index contributed by atoms with van der Waals surface area (Å²) in [7, 11) is 0. The SMILES string of the molecule is Cc1cscc1C(=O)N1CCC(=NO)CC1. The van der Waals surface area contributed by atoms with E-state index in [1.54, 1.807) is 11.3 Å². The lowest BCUT2D eigenvalue weighted by Crippen LogP contribution is -2.38. The molecule has 1 fully saturated rings. The number of aryl methyl sites for hydroxylation is 1. The van der Waals surface area contributed by atoms with Crippen molar-refractivity contribution in [3.05, 3.63) is 21.9 Å². The van der Waals surface area contributed by atoms with Gasteiger partial charge in [-0.05, 0) is 17.9 Å². The van der Waals surface area contributed by atoms with E-state index in [4.69, 9.17) is 5.21 Å². The van der Waals surface area contributed by atoms with Gasteiger partial charge in [0.1, 0.15) is 0 Å². The predicted octanol–water partition coefficient (Wildman–Crippen LogP) is 2.12. The van der Waals surface area contributed by atoms with Gasteiger partial charge in [0.05, 0.1) is 11.3 Å². The molecule has 2 rings (SSSR count). The summed E-state index contributed by atoms with van der Waals surface area (Å²) >= 11 is 1.55. The second-order valence-corrected chi connectivity index (χ2v) is 4.67. The van der Waals surface area contributed by atoms with E-state index < -0.39 is 0 Å². The first-order chi connectivity index (χ1) is 7.72. The van der Waals surface area contributed by atoms with Crippen molar-refractivity contribution in [2.24, 2.45) is 5.16 Å². The van der Waals surface area contributed by atoms with Gasteiger partial charge in [0, 0.05) is 31.3 Å². The molecule has 5 heteroatoms. The largest absolute Gasteiger partial charge is 0.411 e. The Balaban J connectivity index is 2.05. The van der Waals surface area contributed by atoms with Crippen molar-refractivity contribution in [1.82, 2.24) is 4.90 Å². The van der Waals surface area contributed by atoms with Crippen LogP contribution in [-0.2, 0) is 0 Å². The summed E-state index contributed by atoms with van der Waals surface area (Å²) in [6.07, 6.45) is 1.34. The number of hydrogen-bond donors (Lipinski definition) is 1. The van der Waals surface area contributed by atoms with E-state index in [1.165, 1.54) is 0 Å². The topological polar surface area (TPSA) is 52.9 Å². The number of thiophene rings is 1. The highest BCUT2D eigenvalue weighted by molar-refractivity contribution is 7.08. The van der Waals surface area contributed by atoms with Crippen LogP contribution in [0, 0.1) is 6.92 Å². The van der Waals surface area contributed by atoms with Crippen LogP contribution in [0.4, 0.5) is 0 Å². The zero-order valence-corrected chi connectivity index (χ0v) is 9.96. The summed E-state index contributed by atoms with van der Waals surface area (Å²) in [5.74, 6) is 0.0933. The normalized spacial score (nSPS) is 16.3. The van der Waals surface area contributed by atoms with Crippen LogP contribution in [0.5, 0.6) is 0 Å². The van der Waals surface area contributed by atoms with Crippen molar-refractivity contribution in [2.45, 2.75) is 19.8 Å². The summed E-state index contributed by atoms with van der Waals surface area (Å²) < 4.78 is 0. The third-order valence-corrected chi connectivity index (χ3v) is 3.72. The molecule has 1 aromatic rings. The smallest absolute Gasteiger partial charge is 0.254 e. The van der Waals surface area contributed by atoms with Crippen LogP contribution in [0.2, 0.25) is 0 Å².